The highest BCUT2D eigenvalue weighted by Gasteiger charge is 2.11. The molecule has 0 aliphatic heterocycles. The Morgan fingerprint density at radius 2 is 1.71 bits per heavy atom. The van der Waals surface area contributed by atoms with Gasteiger partial charge in [-0.15, -0.1) is 0 Å². The third kappa shape index (κ3) is 3.62. The zero-order chi connectivity index (χ0) is 15.6. The van der Waals surface area contributed by atoms with Crippen molar-refractivity contribution in [3.05, 3.63) is 39.5 Å². The SMILES string of the molecule is CCNc1cc(C(C)C)nc(-c2cc(C)c(Br)c(C)c2)n1. The first-order chi connectivity index (χ1) is 9.92. The first-order valence-corrected chi connectivity index (χ1v) is 8.11. The molecule has 0 radical (unpaired) electrons. The molecule has 0 amide bonds. The molecule has 0 aliphatic carbocycles. The van der Waals surface area contributed by atoms with Crippen LogP contribution in [0.3, 0.4) is 0 Å². The molecular weight excluding hydrogens is 326 g/mol. The summed E-state index contributed by atoms with van der Waals surface area (Å²) in [5.41, 5.74) is 4.53. The number of hydrogen-bond donors (Lipinski definition) is 1. The molecule has 0 atom stereocenters. The molecule has 1 N–H and O–H groups in total. The molecule has 0 aliphatic rings. The van der Waals surface area contributed by atoms with Gasteiger partial charge in [0.05, 0.1) is 0 Å². The number of nitrogens with one attached hydrogen (secondary N) is 1. The summed E-state index contributed by atoms with van der Waals surface area (Å²) in [6, 6.07) is 6.30. The molecule has 0 saturated heterocycles. The summed E-state index contributed by atoms with van der Waals surface area (Å²) < 4.78 is 1.15. The molecule has 0 unspecified atom stereocenters. The van der Waals surface area contributed by atoms with Crippen LogP contribution in [0.2, 0.25) is 0 Å². The topological polar surface area (TPSA) is 37.8 Å². The van der Waals surface area contributed by atoms with Crippen molar-refractivity contribution in [3.8, 4) is 11.4 Å². The zero-order valence-corrected chi connectivity index (χ0v) is 14.9. The molecule has 3 nitrogen and oxygen atoms in total. The van der Waals surface area contributed by atoms with E-state index in [1.807, 2.05) is 6.07 Å². The van der Waals surface area contributed by atoms with Crippen LogP contribution in [0.25, 0.3) is 11.4 Å². The molecular formula is C17H22BrN3. The van der Waals surface area contributed by atoms with Crippen molar-refractivity contribution in [1.29, 1.82) is 0 Å². The molecule has 0 bridgehead atoms. The molecule has 4 heteroatoms. The molecule has 0 fully saturated rings. The minimum Gasteiger partial charge on any atom is -0.370 e. The van der Waals surface area contributed by atoms with Crippen LogP contribution in [0.1, 0.15) is 43.5 Å². The Bertz CT molecular complexity index is 627. The molecule has 112 valence electrons. The van der Waals surface area contributed by atoms with Gasteiger partial charge in [0.25, 0.3) is 0 Å². The van der Waals surface area contributed by atoms with Gasteiger partial charge in [0.2, 0.25) is 0 Å². The van der Waals surface area contributed by atoms with Crippen LogP contribution in [-0.4, -0.2) is 16.5 Å². The van der Waals surface area contributed by atoms with Crippen molar-refractivity contribution in [2.75, 3.05) is 11.9 Å². The number of anilines is 1. The Morgan fingerprint density at radius 3 is 2.24 bits per heavy atom. The van der Waals surface area contributed by atoms with Gasteiger partial charge in [0, 0.05) is 28.3 Å². The van der Waals surface area contributed by atoms with Gasteiger partial charge in [-0.3, -0.25) is 0 Å². The van der Waals surface area contributed by atoms with Crippen molar-refractivity contribution in [3.63, 3.8) is 0 Å². The summed E-state index contributed by atoms with van der Waals surface area (Å²) in [5.74, 6) is 2.06. The third-order valence-corrected chi connectivity index (χ3v) is 4.64. The number of rotatable bonds is 4. The van der Waals surface area contributed by atoms with Crippen LogP contribution >= 0.6 is 15.9 Å². The Balaban J connectivity index is 2.57. The minimum atomic E-state index is 0.377. The maximum atomic E-state index is 4.73. The number of benzene rings is 1. The van der Waals surface area contributed by atoms with E-state index in [1.54, 1.807) is 0 Å². The fraction of sp³-hybridized carbons (Fsp3) is 0.412. The zero-order valence-electron chi connectivity index (χ0n) is 13.3. The maximum absolute atomic E-state index is 4.73. The Morgan fingerprint density at radius 1 is 1.10 bits per heavy atom. The molecule has 1 aromatic heterocycles. The van der Waals surface area contributed by atoms with Crippen LogP contribution in [-0.2, 0) is 0 Å². The van der Waals surface area contributed by atoms with E-state index >= 15 is 0 Å². The van der Waals surface area contributed by atoms with Crippen LogP contribution < -0.4 is 5.32 Å². The molecule has 21 heavy (non-hydrogen) atoms. The van der Waals surface area contributed by atoms with E-state index in [2.05, 4.69) is 73.0 Å². The summed E-state index contributed by atoms with van der Waals surface area (Å²) >= 11 is 3.61. The van der Waals surface area contributed by atoms with E-state index in [0.29, 0.717) is 5.92 Å². The van der Waals surface area contributed by atoms with E-state index in [-0.39, 0.29) is 0 Å². The predicted molar refractivity (Wildman–Crippen MR) is 92.9 cm³/mol. The Hall–Kier alpha value is -1.42. The lowest BCUT2D eigenvalue weighted by Crippen LogP contribution is -2.05. The summed E-state index contributed by atoms with van der Waals surface area (Å²) in [6.45, 7) is 11.4. The van der Waals surface area contributed by atoms with E-state index in [0.717, 1.165) is 33.9 Å². The molecule has 1 aromatic carbocycles. The summed E-state index contributed by atoms with van der Waals surface area (Å²) in [6.07, 6.45) is 0. The largest absolute Gasteiger partial charge is 0.370 e. The molecule has 0 saturated carbocycles. The first kappa shape index (κ1) is 16.0. The van der Waals surface area contributed by atoms with Crippen LogP contribution in [0.15, 0.2) is 22.7 Å². The second-order valence-electron chi connectivity index (χ2n) is 5.61. The highest BCUT2D eigenvalue weighted by molar-refractivity contribution is 9.10. The minimum absolute atomic E-state index is 0.377. The number of halogens is 1. The van der Waals surface area contributed by atoms with E-state index in [1.165, 1.54) is 11.1 Å². The fourth-order valence-electron chi connectivity index (χ4n) is 2.24. The van der Waals surface area contributed by atoms with E-state index < -0.39 is 0 Å². The molecule has 0 spiro atoms. The number of hydrogen-bond acceptors (Lipinski definition) is 3. The van der Waals surface area contributed by atoms with Crippen molar-refractivity contribution < 1.29 is 0 Å². The Labute approximate surface area is 135 Å². The highest BCUT2D eigenvalue weighted by Crippen LogP contribution is 2.28. The van der Waals surface area contributed by atoms with Gasteiger partial charge < -0.3 is 5.32 Å². The van der Waals surface area contributed by atoms with Gasteiger partial charge in [-0.05, 0) is 49.9 Å². The third-order valence-electron chi connectivity index (χ3n) is 3.39. The van der Waals surface area contributed by atoms with Crippen LogP contribution in [0, 0.1) is 13.8 Å². The lowest BCUT2D eigenvalue weighted by atomic mass is 10.1. The second kappa shape index (κ2) is 6.56. The van der Waals surface area contributed by atoms with Gasteiger partial charge in [-0.2, -0.15) is 0 Å². The van der Waals surface area contributed by atoms with Crippen molar-refractivity contribution >= 4 is 21.7 Å². The van der Waals surface area contributed by atoms with Gasteiger partial charge in [0.15, 0.2) is 5.82 Å². The summed E-state index contributed by atoms with van der Waals surface area (Å²) in [7, 11) is 0. The van der Waals surface area contributed by atoms with Crippen LogP contribution in [0.4, 0.5) is 5.82 Å². The summed E-state index contributed by atoms with van der Waals surface area (Å²) in [4.78, 5) is 9.38. The lowest BCUT2D eigenvalue weighted by Gasteiger charge is -2.12. The molecule has 1 heterocycles. The monoisotopic (exact) mass is 347 g/mol. The van der Waals surface area contributed by atoms with Gasteiger partial charge in [0.1, 0.15) is 5.82 Å². The average molecular weight is 348 g/mol. The fourth-order valence-corrected chi connectivity index (χ4v) is 2.47. The second-order valence-corrected chi connectivity index (χ2v) is 6.40. The normalized spacial score (nSPS) is 11.0. The standard InChI is InChI=1S/C17H22BrN3/c1-6-19-15-9-14(10(2)3)20-17(21-15)13-7-11(4)16(18)12(5)8-13/h7-10H,6H2,1-5H3,(H,19,20,21). The van der Waals surface area contributed by atoms with Gasteiger partial charge in [-0.25, -0.2) is 9.97 Å². The number of aryl methyl sites for hydroxylation is 2. The lowest BCUT2D eigenvalue weighted by molar-refractivity contribution is 0.817. The van der Waals surface area contributed by atoms with Gasteiger partial charge >= 0.3 is 0 Å². The number of aromatic nitrogens is 2. The number of nitrogens with zero attached hydrogens (tertiary/aromatic N) is 2. The highest BCUT2D eigenvalue weighted by atomic mass is 79.9. The molecule has 2 aromatic rings. The van der Waals surface area contributed by atoms with E-state index in [4.69, 9.17) is 4.98 Å². The van der Waals surface area contributed by atoms with Crippen molar-refractivity contribution in [2.24, 2.45) is 0 Å². The van der Waals surface area contributed by atoms with Gasteiger partial charge in [-0.1, -0.05) is 29.8 Å². The Kier molecular flexibility index (Phi) is 4.99. The maximum Gasteiger partial charge on any atom is 0.161 e. The smallest absolute Gasteiger partial charge is 0.161 e. The quantitative estimate of drug-likeness (QED) is 0.837. The predicted octanol–water partition coefficient (Wildman–Crippen LogP) is 5.08. The first-order valence-electron chi connectivity index (χ1n) is 7.32. The summed E-state index contributed by atoms with van der Waals surface area (Å²) in [5, 5.41) is 3.29. The van der Waals surface area contributed by atoms with E-state index in [9.17, 15) is 0 Å². The van der Waals surface area contributed by atoms with Crippen LogP contribution in [0.5, 0.6) is 0 Å². The molecule has 2 rings (SSSR count). The average Bonchev–Trinajstić information content (AvgIpc) is 2.44. The van der Waals surface area contributed by atoms with Crippen molar-refractivity contribution in [1.82, 2.24) is 9.97 Å². The van der Waals surface area contributed by atoms with Crippen molar-refractivity contribution in [2.45, 2.75) is 40.5 Å².